The van der Waals surface area contributed by atoms with Crippen molar-refractivity contribution in [3.63, 3.8) is 0 Å². The van der Waals surface area contributed by atoms with Crippen molar-refractivity contribution >= 4 is 5.91 Å². The van der Waals surface area contributed by atoms with Crippen LogP contribution in [0.15, 0.2) is 0 Å². The third-order valence-electron chi connectivity index (χ3n) is 4.56. The van der Waals surface area contributed by atoms with Gasteiger partial charge in [-0.2, -0.15) is 0 Å². The summed E-state index contributed by atoms with van der Waals surface area (Å²) in [6.07, 6.45) is 4.32. The standard InChI is InChI=1S/C14H29N3O/c1-5-14(6-2,11-15)17(7-3)10-13(18)16(4)12-8-9-12/h12H,5-11,15H2,1-4H3. The topological polar surface area (TPSA) is 49.6 Å². The maximum atomic E-state index is 12.2. The minimum atomic E-state index is -0.0190. The van der Waals surface area contributed by atoms with Crippen molar-refractivity contribution < 1.29 is 4.79 Å². The first-order valence-electron chi connectivity index (χ1n) is 7.25. The molecule has 1 aliphatic carbocycles. The molecule has 106 valence electrons. The summed E-state index contributed by atoms with van der Waals surface area (Å²) in [5.41, 5.74) is 5.94. The van der Waals surface area contributed by atoms with Gasteiger partial charge in [0.1, 0.15) is 0 Å². The molecule has 4 heteroatoms. The van der Waals surface area contributed by atoms with E-state index in [1.165, 1.54) is 0 Å². The Morgan fingerprint density at radius 2 is 1.83 bits per heavy atom. The van der Waals surface area contributed by atoms with E-state index in [0.717, 1.165) is 32.2 Å². The summed E-state index contributed by atoms with van der Waals surface area (Å²) in [5.74, 6) is 0.235. The molecule has 18 heavy (non-hydrogen) atoms. The van der Waals surface area contributed by atoms with Gasteiger partial charge in [0.15, 0.2) is 0 Å². The molecular formula is C14H29N3O. The highest BCUT2D eigenvalue weighted by Gasteiger charge is 2.35. The van der Waals surface area contributed by atoms with Crippen LogP contribution in [0.3, 0.4) is 0 Å². The predicted octanol–water partition coefficient (Wildman–Crippen LogP) is 1.45. The second kappa shape index (κ2) is 6.53. The lowest BCUT2D eigenvalue weighted by atomic mass is 9.90. The maximum Gasteiger partial charge on any atom is 0.236 e. The van der Waals surface area contributed by atoms with Crippen molar-refractivity contribution in [2.24, 2.45) is 5.73 Å². The summed E-state index contributed by atoms with van der Waals surface area (Å²) < 4.78 is 0. The molecule has 0 aromatic rings. The van der Waals surface area contributed by atoms with E-state index in [-0.39, 0.29) is 11.4 Å². The van der Waals surface area contributed by atoms with Gasteiger partial charge in [-0.3, -0.25) is 9.69 Å². The van der Waals surface area contributed by atoms with Crippen LogP contribution in [-0.2, 0) is 4.79 Å². The van der Waals surface area contributed by atoms with Gasteiger partial charge in [-0.05, 0) is 32.2 Å². The van der Waals surface area contributed by atoms with Crippen LogP contribution in [0.4, 0.5) is 0 Å². The number of hydrogen-bond donors (Lipinski definition) is 1. The van der Waals surface area contributed by atoms with Gasteiger partial charge in [0.05, 0.1) is 6.54 Å². The van der Waals surface area contributed by atoms with Gasteiger partial charge in [-0.15, -0.1) is 0 Å². The zero-order chi connectivity index (χ0) is 13.8. The molecule has 0 radical (unpaired) electrons. The molecule has 0 heterocycles. The molecule has 1 aliphatic rings. The van der Waals surface area contributed by atoms with Gasteiger partial charge in [-0.1, -0.05) is 20.8 Å². The molecule has 0 spiro atoms. The molecule has 0 saturated heterocycles. The molecule has 0 aliphatic heterocycles. The molecule has 1 rings (SSSR count). The molecule has 0 aromatic heterocycles. The normalized spacial score (nSPS) is 16.1. The molecule has 0 bridgehead atoms. The molecule has 0 atom stereocenters. The fourth-order valence-corrected chi connectivity index (χ4v) is 2.67. The van der Waals surface area contributed by atoms with E-state index >= 15 is 0 Å². The van der Waals surface area contributed by atoms with Crippen molar-refractivity contribution in [2.45, 2.75) is 58.0 Å². The van der Waals surface area contributed by atoms with Crippen LogP contribution in [0.2, 0.25) is 0 Å². The molecule has 0 aromatic carbocycles. The Morgan fingerprint density at radius 1 is 1.28 bits per heavy atom. The fourth-order valence-electron chi connectivity index (χ4n) is 2.67. The molecule has 2 N–H and O–H groups in total. The lowest BCUT2D eigenvalue weighted by Gasteiger charge is -2.42. The quantitative estimate of drug-likeness (QED) is 0.714. The Hall–Kier alpha value is -0.610. The van der Waals surface area contributed by atoms with Gasteiger partial charge in [-0.25, -0.2) is 0 Å². The van der Waals surface area contributed by atoms with E-state index in [1.807, 2.05) is 11.9 Å². The van der Waals surface area contributed by atoms with Crippen LogP contribution in [0, 0.1) is 0 Å². The average molecular weight is 255 g/mol. The first kappa shape index (κ1) is 15.4. The first-order chi connectivity index (χ1) is 8.54. The number of rotatable bonds is 8. The number of nitrogens with zero attached hydrogens (tertiary/aromatic N) is 2. The van der Waals surface area contributed by atoms with Crippen molar-refractivity contribution in [1.82, 2.24) is 9.80 Å². The number of likely N-dealkylation sites (N-methyl/N-ethyl adjacent to an activating group) is 2. The van der Waals surface area contributed by atoms with Crippen LogP contribution in [0.5, 0.6) is 0 Å². The van der Waals surface area contributed by atoms with Gasteiger partial charge < -0.3 is 10.6 Å². The highest BCUT2D eigenvalue weighted by Crippen LogP contribution is 2.27. The number of amides is 1. The van der Waals surface area contributed by atoms with Crippen LogP contribution >= 0.6 is 0 Å². The maximum absolute atomic E-state index is 12.2. The van der Waals surface area contributed by atoms with E-state index in [0.29, 0.717) is 19.1 Å². The molecular weight excluding hydrogens is 226 g/mol. The van der Waals surface area contributed by atoms with Crippen LogP contribution in [0.25, 0.3) is 0 Å². The largest absolute Gasteiger partial charge is 0.342 e. The summed E-state index contributed by atoms with van der Waals surface area (Å²) in [4.78, 5) is 16.4. The van der Waals surface area contributed by atoms with Gasteiger partial charge in [0.2, 0.25) is 5.91 Å². The highest BCUT2D eigenvalue weighted by atomic mass is 16.2. The van der Waals surface area contributed by atoms with Gasteiger partial charge in [0, 0.05) is 25.2 Å². The Balaban J connectivity index is 2.66. The average Bonchev–Trinajstić information content (AvgIpc) is 3.23. The minimum absolute atomic E-state index is 0.0190. The summed E-state index contributed by atoms with van der Waals surface area (Å²) in [5, 5.41) is 0. The van der Waals surface area contributed by atoms with E-state index in [1.54, 1.807) is 0 Å². The summed E-state index contributed by atoms with van der Waals surface area (Å²) >= 11 is 0. The van der Waals surface area contributed by atoms with E-state index in [9.17, 15) is 4.79 Å². The lowest BCUT2D eigenvalue weighted by Crippen LogP contribution is -2.56. The first-order valence-corrected chi connectivity index (χ1v) is 7.25. The van der Waals surface area contributed by atoms with E-state index in [2.05, 4.69) is 25.7 Å². The molecule has 1 saturated carbocycles. The van der Waals surface area contributed by atoms with Crippen LogP contribution in [0.1, 0.15) is 46.5 Å². The molecule has 1 amide bonds. The minimum Gasteiger partial charge on any atom is -0.342 e. The van der Waals surface area contributed by atoms with Crippen LogP contribution < -0.4 is 5.73 Å². The monoisotopic (exact) mass is 255 g/mol. The fraction of sp³-hybridized carbons (Fsp3) is 0.929. The van der Waals surface area contributed by atoms with Gasteiger partial charge >= 0.3 is 0 Å². The second-order valence-electron chi connectivity index (χ2n) is 5.39. The van der Waals surface area contributed by atoms with Gasteiger partial charge in [0.25, 0.3) is 0 Å². The Morgan fingerprint density at radius 3 is 2.17 bits per heavy atom. The van der Waals surface area contributed by atoms with Crippen molar-refractivity contribution in [2.75, 3.05) is 26.7 Å². The van der Waals surface area contributed by atoms with E-state index < -0.39 is 0 Å². The SMILES string of the molecule is CCN(CC(=O)N(C)C1CC1)C(CC)(CC)CN. The third kappa shape index (κ3) is 3.23. The van der Waals surface area contributed by atoms with Crippen molar-refractivity contribution in [3.8, 4) is 0 Å². The molecule has 1 fully saturated rings. The molecule has 4 nitrogen and oxygen atoms in total. The number of nitrogens with two attached hydrogens (primary N) is 1. The van der Waals surface area contributed by atoms with Crippen molar-refractivity contribution in [3.05, 3.63) is 0 Å². The number of hydrogen-bond acceptors (Lipinski definition) is 3. The third-order valence-corrected chi connectivity index (χ3v) is 4.56. The number of carbonyl (C=O) groups is 1. The second-order valence-corrected chi connectivity index (χ2v) is 5.39. The Bertz CT molecular complexity index is 264. The number of carbonyl (C=O) groups excluding carboxylic acids is 1. The van der Waals surface area contributed by atoms with Crippen LogP contribution in [-0.4, -0.2) is 54.0 Å². The van der Waals surface area contributed by atoms with E-state index in [4.69, 9.17) is 5.73 Å². The Labute approximate surface area is 111 Å². The molecule has 0 unspecified atom stereocenters. The zero-order valence-corrected chi connectivity index (χ0v) is 12.4. The lowest BCUT2D eigenvalue weighted by molar-refractivity contribution is -0.133. The summed E-state index contributed by atoms with van der Waals surface area (Å²) in [6.45, 7) is 8.43. The smallest absolute Gasteiger partial charge is 0.236 e. The predicted molar refractivity (Wildman–Crippen MR) is 75.4 cm³/mol. The Kier molecular flexibility index (Phi) is 5.60. The zero-order valence-electron chi connectivity index (χ0n) is 12.4. The highest BCUT2D eigenvalue weighted by molar-refractivity contribution is 5.78. The van der Waals surface area contributed by atoms with Crippen molar-refractivity contribution in [1.29, 1.82) is 0 Å². The summed E-state index contributed by atoms with van der Waals surface area (Å²) in [7, 11) is 1.93. The summed E-state index contributed by atoms with van der Waals surface area (Å²) in [6, 6.07) is 0.492.